The Balaban J connectivity index is 2.07. The van der Waals surface area contributed by atoms with E-state index in [2.05, 4.69) is 21.2 Å². The summed E-state index contributed by atoms with van der Waals surface area (Å²) >= 11 is 20.2. The summed E-state index contributed by atoms with van der Waals surface area (Å²) in [5, 5.41) is 13.1. The molecule has 0 radical (unpaired) electrons. The highest BCUT2D eigenvalue weighted by molar-refractivity contribution is 9.10. The minimum Gasteiger partial charge on any atom is -0.506 e. The maximum absolute atomic E-state index is 12.9. The number of anilines is 1. The Hall–Kier alpha value is -1.93. The first-order valence-electron chi connectivity index (χ1n) is 7.13. The van der Waals surface area contributed by atoms with E-state index in [1.54, 1.807) is 24.3 Å². The van der Waals surface area contributed by atoms with Crippen LogP contribution >= 0.6 is 51.3 Å². The maximum Gasteiger partial charge on any atom is 0.270 e. The normalized spacial score (nSPS) is 16.2. The number of hydrogen-bond donors (Lipinski definition) is 2. The van der Waals surface area contributed by atoms with Crippen LogP contribution in [0, 0.1) is 0 Å². The molecule has 2 amide bonds. The second-order valence-electron chi connectivity index (χ2n) is 5.26. The monoisotopic (exact) mass is 470 g/mol. The molecule has 2 aromatic rings. The number of hydrogen-bond acceptors (Lipinski definition) is 4. The summed E-state index contributed by atoms with van der Waals surface area (Å²) in [6, 6.07) is 9.45. The van der Waals surface area contributed by atoms with Gasteiger partial charge in [0.1, 0.15) is 11.3 Å². The van der Waals surface area contributed by atoms with Crippen molar-refractivity contribution in [3.05, 3.63) is 62.1 Å². The number of carbonyl (C=O) groups excluding carboxylic acids is 2. The first kappa shape index (κ1) is 18.8. The van der Waals surface area contributed by atoms with Gasteiger partial charge in [0, 0.05) is 15.1 Å². The van der Waals surface area contributed by atoms with Gasteiger partial charge in [-0.15, -0.1) is 0 Å². The van der Waals surface area contributed by atoms with Crippen LogP contribution < -0.4 is 10.2 Å². The Labute approximate surface area is 172 Å². The molecule has 3 rings (SSSR count). The summed E-state index contributed by atoms with van der Waals surface area (Å²) in [7, 11) is 0. The molecule has 5 nitrogen and oxygen atoms in total. The molecule has 1 aliphatic rings. The quantitative estimate of drug-likeness (QED) is 0.389. The zero-order chi connectivity index (χ0) is 19.0. The molecule has 1 aliphatic heterocycles. The zero-order valence-electron chi connectivity index (χ0n) is 12.8. The highest BCUT2D eigenvalue weighted by Crippen LogP contribution is 2.33. The molecule has 132 valence electrons. The third-order valence-electron chi connectivity index (χ3n) is 3.54. The van der Waals surface area contributed by atoms with Crippen molar-refractivity contribution in [3.8, 4) is 5.75 Å². The van der Waals surface area contributed by atoms with Crippen molar-refractivity contribution in [2.24, 2.45) is 0 Å². The number of nitrogens with zero attached hydrogens (tertiary/aromatic N) is 1. The molecular weight excluding hydrogens is 463 g/mol. The van der Waals surface area contributed by atoms with Gasteiger partial charge in [-0.25, -0.2) is 0 Å². The molecule has 9 heteroatoms. The molecule has 1 fully saturated rings. The van der Waals surface area contributed by atoms with Gasteiger partial charge in [-0.05, 0) is 54.7 Å². The molecule has 2 N–H and O–H groups in total. The molecule has 0 bridgehead atoms. The van der Waals surface area contributed by atoms with Gasteiger partial charge < -0.3 is 5.11 Å². The van der Waals surface area contributed by atoms with E-state index in [-0.39, 0.29) is 27.0 Å². The van der Waals surface area contributed by atoms with E-state index in [1.807, 2.05) is 0 Å². The smallest absolute Gasteiger partial charge is 0.270 e. The van der Waals surface area contributed by atoms with Gasteiger partial charge >= 0.3 is 0 Å². The van der Waals surface area contributed by atoms with Crippen molar-refractivity contribution in [3.63, 3.8) is 0 Å². The first-order valence-corrected chi connectivity index (χ1v) is 9.08. The SMILES string of the molecule is O=C1NC(=S)N(c2ccc(Cl)cc2)C(=O)/C1=C/c1cc(Br)cc(Cl)c1O. The van der Waals surface area contributed by atoms with Crippen molar-refractivity contribution < 1.29 is 14.7 Å². The van der Waals surface area contributed by atoms with Crippen molar-refractivity contribution in [2.45, 2.75) is 0 Å². The van der Waals surface area contributed by atoms with Crippen molar-refractivity contribution in [1.29, 1.82) is 0 Å². The molecule has 0 aliphatic carbocycles. The van der Waals surface area contributed by atoms with Crippen LogP contribution in [0.25, 0.3) is 6.08 Å². The number of nitrogens with one attached hydrogen (secondary N) is 1. The highest BCUT2D eigenvalue weighted by Gasteiger charge is 2.34. The maximum atomic E-state index is 12.9. The van der Waals surface area contributed by atoms with Crippen LogP contribution in [0.2, 0.25) is 10.0 Å². The lowest BCUT2D eigenvalue weighted by atomic mass is 10.1. The molecule has 0 spiro atoms. The molecule has 1 saturated heterocycles. The number of amides is 2. The third kappa shape index (κ3) is 3.61. The van der Waals surface area contributed by atoms with Crippen LogP contribution in [-0.4, -0.2) is 22.0 Å². The first-order chi connectivity index (χ1) is 12.3. The zero-order valence-corrected chi connectivity index (χ0v) is 16.7. The second-order valence-corrected chi connectivity index (χ2v) is 7.41. The molecule has 0 unspecified atom stereocenters. The lowest BCUT2D eigenvalue weighted by Gasteiger charge is -2.29. The Kier molecular flexibility index (Phi) is 5.34. The summed E-state index contributed by atoms with van der Waals surface area (Å²) in [6.45, 7) is 0. The number of phenolic OH excluding ortho intramolecular Hbond substituents is 1. The fourth-order valence-corrected chi connectivity index (χ4v) is 3.57. The minimum absolute atomic E-state index is 0.0454. The number of carbonyl (C=O) groups is 2. The van der Waals surface area contributed by atoms with Gasteiger partial charge in [-0.3, -0.25) is 19.8 Å². The predicted molar refractivity (Wildman–Crippen MR) is 108 cm³/mol. The second kappa shape index (κ2) is 7.36. The fourth-order valence-electron chi connectivity index (χ4n) is 2.33. The van der Waals surface area contributed by atoms with Crippen molar-refractivity contribution >= 4 is 80.0 Å². The van der Waals surface area contributed by atoms with E-state index in [1.165, 1.54) is 23.1 Å². The largest absolute Gasteiger partial charge is 0.506 e. The Bertz CT molecular complexity index is 977. The van der Waals surface area contributed by atoms with Crippen molar-refractivity contribution in [1.82, 2.24) is 5.32 Å². The number of halogens is 3. The van der Waals surface area contributed by atoms with E-state index in [4.69, 9.17) is 35.4 Å². The summed E-state index contributed by atoms with van der Waals surface area (Å²) in [5.74, 6) is -1.54. The fraction of sp³-hybridized carbons (Fsp3) is 0. The van der Waals surface area contributed by atoms with Crippen LogP contribution in [-0.2, 0) is 9.59 Å². The number of aromatic hydroxyl groups is 1. The molecule has 0 aromatic heterocycles. The lowest BCUT2D eigenvalue weighted by molar-refractivity contribution is -0.122. The Morgan fingerprint density at radius 2 is 1.81 bits per heavy atom. The van der Waals surface area contributed by atoms with Crippen LogP contribution in [0.1, 0.15) is 5.56 Å². The van der Waals surface area contributed by atoms with Gasteiger partial charge in [0.15, 0.2) is 5.11 Å². The molecule has 0 atom stereocenters. The Morgan fingerprint density at radius 1 is 1.15 bits per heavy atom. The van der Waals surface area contributed by atoms with Crippen LogP contribution in [0.3, 0.4) is 0 Å². The van der Waals surface area contributed by atoms with Gasteiger partial charge in [0.2, 0.25) is 0 Å². The number of phenols is 1. The molecule has 2 aromatic carbocycles. The molecule has 0 saturated carbocycles. The van der Waals surface area contributed by atoms with Gasteiger partial charge in [-0.1, -0.05) is 39.1 Å². The van der Waals surface area contributed by atoms with Crippen LogP contribution in [0.4, 0.5) is 5.69 Å². The number of benzene rings is 2. The van der Waals surface area contributed by atoms with E-state index in [0.29, 0.717) is 15.2 Å². The Morgan fingerprint density at radius 3 is 2.46 bits per heavy atom. The van der Waals surface area contributed by atoms with Gasteiger partial charge in [0.05, 0.1) is 10.7 Å². The van der Waals surface area contributed by atoms with E-state index < -0.39 is 11.8 Å². The van der Waals surface area contributed by atoms with Gasteiger partial charge in [0.25, 0.3) is 11.8 Å². The van der Waals surface area contributed by atoms with Gasteiger partial charge in [-0.2, -0.15) is 0 Å². The summed E-state index contributed by atoms with van der Waals surface area (Å²) < 4.78 is 0.584. The number of rotatable bonds is 2. The third-order valence-corrected chi connectivity index (χ3v) is 4.83. The topological polar surface area (TPSA) is 69.6 Å². The molecular formula is C17H9BrCl2N2O3S. The van der Waals surface area contributed by atoms with E-state index in [9.17, 15) is 14.7 Å². The average molecular weight is 472 g/mol. The summed E-state index contributed by atoms with van der Waals surface area (Å²) in [5.41, 5.74) is 0.469. The van der Waals surface area contributed by atoms with E-state index in [0.717, 1.165) is 0 Å². The minimum atomic E-state index is -0.666. The molecule has 26 heavy (non-hydrogen) atoms. The van der Waals surface area contributed by atoms with Crippen LogP contribution in [0.15, 0.2) is 46.4 Å². The van der Waals surface area contributed by atoms with Crippen LogP contribution in [0.5, 0.6) is 5.75 Å². The molecule has 1 heterocycles. The van der Waals surface area contributed by atoms with E-state index >= 15 is 0 Å². The lowest BCUT2D eigenvalue weighted by Crippen LogP contribution is -2.54. The average Bonchev–Trinajstić information content (AvgIpc) is 2.57. The number of thiocarbonyl (C=S) groups is 1. The van der Waals surface area contributed by atoms with Crippen molar-refractivity contribution in [2.75, 3.05) is 4.90 Å². The summed E-state index contributed by atoms with van der Waals surface area (Å²) in [4.78, 5) is 26.3. The highest BCUT2D eigenvalue weighted by atomic mass is 79.9. The standard InChI is InChI=1S/C17H9BrCl2N2O3S/c18-9-5-8(14(23)13(20)7-9)6-12-15(24)21-17(26)22(16(12)25)11-3-1-10(19)2-4-11/h1-7,23H,(H,21,24,26)/b12-6+. The predicted octanol–water partition coefficient (Wildman–Crippen LogP) is 4.29. The summed E-state index contributed by atoms with van der Waals surface area (Å²) in [6.07, 6.45) is 1.26.